The molecule has 0 aliphatic rings. The van der Waals surface area contributed by atoms with Gasteiger partial charge in [-0.15, -0.1) is 0 Å². The van der Waals surface area contributed by atoms with E-state index in [1.807, 2.05) is 0 Å². The molecule has 5 heteroatoms. The molecule has 0 atom stereocenters. The van der Waals surface area contributed by atoms with Crippen molar-refractivity contribution in [3.63, 3.8) is 0 Å². The lowest BCUT2D eigenvalue weighted by Gasteiger charge is -1.91. The Hall–Kier alpha value is -1.10. The van der Waals surface area contributed by atoms with Crippen molar-refractivity contribution in [2.45, 2.75) is 6.92 Å². The van der Waals surface area contributed by atoms with Crippen molar-refractivity contribution in [1.29, 1.82) is 0 Å². The molecule has 0 radical (unpaired) electrons. The number of carbonyl (C=O) groups is 1. The fourth-order valence-electron chi connectivity index (χ4n) is 0.841. The van der Waals surface area contributed by atoms with Crippen molar-refractivity contribution in [1.82, 2.24) is 9.78 Å². The molecule has 0 spiro atoms. The first kappa shape index (κ1) is 9.98. The Balaban J connectivity index is 3.03. The Kier molecular flexibility index (Phi) is 2.87. The van der Waals surface area contributed by atoms with Crippen LogP contribution in [0.25, 0.3) is 6.08 Å². The summed E-state index contributed by atoms with van der Waals surface area (Å²) < 4.78 is 2.40. The van der Waals surface area contributed by atoms with Gasteiger partial charge in [0.1, 0.15) is 0 Å². The molecule has 0 saturated heterocycles. The molecule has 1 rings (SSSR count). The van der Waals surface area contributed by atoms with Crippen molar-refractivity contribution < 1.29 is 9.90 Å². The Morgan fingerprint density at radius 1 is 1.77 bits per heavy atom. The fraction of sp³-hybridized carbons (Fsp3) is 0.250. The first-order valence-corrected chi connectivity index (χ1v) is 4.40. The molecule has 1 aromatic rings. The molecular formula is C8H9BrN2O2. The maximum absolute atomic E-state index is 10.5. The van der Waals surface area contributed by atoms with E-state index in [9.17, 15) is 4.79 Å². The second kappa shape index (κ2) is 3.74. The van der Waals surface area contributed by atoms with E-state index in [1.165, 1.54) is 13.0 Å². The van der Waals surface area contributed by atoms with Gasteiger partial charge in [-0.05, 0) is 28.9 Å². The van der Waals surface area contributed by atoms with Crippen LogP contribution in [0, 0.1) is 0 Å². The van der Waals surface area contributed by atoms with E-state index < -0.39 is 5.97 Å². The van der Waals surface area contributed by atoms with Crippen LogP contribution in [0.3, 0.4) is 0 Å². The molecule has 70 valence electrons. The molecule has 1 heterocycles. The number of halogens is 1. The third-order valence-corrected chi connectivity index (χ3v) is 2.11. The van der Waals surface area contributed by atoms with E-state index >= 15 is 0 Å². The van der Waals surface area contributed by atoms with Crippen LogP contribution in [-0.2, 0) is 11.8 Å². The summed E-state index contributed by atoms with van der Waals surface area (Å²) in [4.78, 5) is 10.5. The van der Waals surface area contributed by atoms with Crippen molar-refractivity contribution in [2.24, 2.45) is 7.05 Å². The molecule has 0 fully saturated rings. The standard InChI is InChI=1S/C8H9BrN2O2/c1-5(8(12)13)3-7-6(9)4-11(2)10-7/h3-4H,1-2H3,(H,12,13)/b5-3+. The second-order valence-corrected chi connectivity index (χ2v) is 3.52. The molecule has 13 heavy (non-hydrogen) atoms. The van der Waals surface area contributed by atoms with E-state index in [4.69, 9.17) is 5.11 Å². The number of carboxylic acids is 1. The Morgan fingerprint density at radius 2 is 2.38 bits per heavy atom. The zero-order valence-corrected chi connectivity index (χ0v) is 8.87. The molecule has 0 bridgehead atoms. The quantitative estimate of drug-likeness (QED) is 0.806. The Bertz CT molecular complexity index is 368. The molecule has 0 amide bonds. The van der Waals surface area contributed by atoms with E-state index in [0.29, 0.717) is 5.69 Å². The van der Waals surface area contributed by atoms with Gasteiger partial charge < -0.3 is 5.11 Å². The van der Waals surface area contributed by atoms with Crippen LogP contribution in [0.15, 0.2) is 16.2 Å². The summed E-state index contributed by atoms with van der Waals surface area (Å²) in [6.45, 7) is 1.53. The van der Waals surface area contributed by atoms with Crippen LogP contribution < -0.4 is 0 Å². The molecule has 1 N–H and O–H groups in total. The highest BCUT2D eigenvalue weighted by atomic mass is 79.9. The average Bonchev–Trinajstić information content (AvgIpc) is 2.30. The Morgan fingerprint density at radius 3 is 2.77 bits per heavy atom. The number of hydrogen-bond acceptors (Lipinski definition) is 2. The van der Waals surface area contributed by atoms with Gasteiger partial charge in [-0.3, -0.25) is 4.68 Å². The number of nitrogens with zero attached hydrogens (tertiary/aromatic N) is 2. The second-order valence-electron chi connectivity index (χ2n) is 2.67. The van der Waals surface area contributed by atoms with Crippen molar-refractivity contribution in [3.8, 4) is 0 Å². The molecular weight excluding hydrogens is 236 g/mol. The summed E-state index contributed by atoms with van der Waals surface area (Å²) >= 11 is 3.27. The molecule has 0 aliphatic heterocycles. The first-order chi connectivity index (χ1) is 6.00. The Labute approximate surface area is 84.0 Å². The van der Waals surface area contributed by atoms with Crippen molar-refractivity contribution in [2.75, 3.05) is 0 Å². The first-order valence-electron chi connectivity index (χ1n) is 3.61. The maximum Gasteiger partial charge on any atom is 0.331 e. The van der Waals surface area contributed by atoms with Crippen LogP contribution in [-0.4, -0.2) is 20.9 Å². The number of aryl methyl sites for hydroxylation is 1. The average molecular weight is 245 g/mol. The van der Waals surface area contributed by atoms with Gasteiger partial charge in [0.05, 0.1) is 10.2 Å². The SMILES string of the molecule is C/C(=C\c1nn(C)cc1Br)C(=O)O. The lowest BCUT2D eigenvalue weighted by atomic mass is 10.2. The van der Waals surface area contributed by atoms with Crippen molar-refractivity contribution >= 4 is 28.0 Å². The van der Waals surface area contributed by atoms with Gasteiger partial charge in [-0.2, -0.15) is 5.10 Å². The predicted octanol–water partition coefficient (Wildman–Crippen LogP) is 1.67. The normalized spacial score (nSPS) is 11.8. The smallest absolute Gasteiger partial charge is 0.331 e. The minimum atomic E-state index is -0.933. The van der Waals surface area contributed by atoms with Crippen LogP contribution in [0.4, 0.5) is 0 Å². The minimum Gasteiger partial charge on any atom is -0.478 e. The van der Waals surface area contributed by atoms with E-state index in [2.05, 4.69) is 21.0 Å². The van der Waals surface area contributed by atoms with Gasteiger partial charge in [0, 0.05) is 18.8 Å². The maximum atomic E-state index is 10.5. The lowest BCUT2D eigenvalue weighted by molar-refractivity contribution is -0.132. The van der Waals surface area contributed by atoms with E-state index in [-0.39, 0.29) is 5.57 Å². The molecule has 0 unspecified atom stereocenters. The predicted molar refractivity (Wildman–Crippen MR) is 52.2 cm³/mol. The number of aromatic nitrogens is 2. The topological polar surface area (TPSA) is 55.1 Å². The highest BCUT2D eigenvalue weighted by Crippen LogP contribution is 2.17. The number of aliphatic carboxylic acids is 1. The summed E-state index contributed by atoms with van der Waals surface area (Å²) in [7, 11) is 1.78. The summed E-state index contributed by atoms with van der Waals surface area (Å²) in [5.41, 5.74) is 0.891. The number of hydrogen-bond donors (Lipinski definition) is 1. The molecule has 1 aromatic heterocycles. The third kappa shape index (κ3) is 2.42. The van der Waals surface area contributed by atoms with Crippen LogP contribution in [0.5, 0.6) is 0 Å². The van der Waals surface area contributed by atoms with Gasteiger partial charge in [0.2, 0.25) is 0 Å². The molecule has 4 nitrogen and oxygen atoms in total. The molecule has 0 saturated carbocycles. The largest absolute Gasteiger partial charge is 0.478 e. The van der Waals surface area contributed by atoms with Gasteiger partial charge in [-0.25, -0.2) is 4.79 Å². The van der Waals surface area contributed by atoms with E-state index in [1.54, 1.807) is 17.9 Å². The lowest BCUT2D eigenvalue weighted by Crippen LogP contribution is -1.96. The number of rotatable bonds is 2. The van der Waals surface area contributed by atoms with E-state index in [0.717, 1.165) is 4.47 Å². The van der Waals surface area contributed by atoms with Gasteiger partial charge in [-0.1, -0.05) is 0 Å². The highest BCUT2D eigenvalue weighted by Gasteiger charge is 2.05. The van der Waals surface area contributed by atoms with Crippen LogP contribution in [0.2, 0.25) is 0 Å². The highest BCUT2D eigenvalue weighted by molar-refractivity contribution is 9.10. The summed E-state index contributed by atoms with van der Waals surface area (Å²) in [5.74, 6) is -0.933. The zero-order chi connectivity index (χ0) is 10.0. The van der Waals surface area contributed by atoms with Gasteiger partial charge in [0.25, 0.3) is 0 Å². The molecule has 0 aliphatic carbocycles. The summed E-state index contributed by atoms with van der Waals surface area (Å²) in [5, 5.41) is 12.7. The third-order valence-electron chi connectivity index (χ3n) is 1.50. The van der Waals surface area contributed by atoms with Gasteiger partial charge in [0.15, 0.2) is 0 Å². The van der Waals surface area contributed by atoms with Crippen LogP contribution in [0.1, 0.15) is 12.6 Å². The number of carboxylic acid groups (broad SMARTS) is 1. The van der Waals surface area contributed by atoms with Crippen molar-refractivity contribution in [3.05, 3.63) is 21.9 Å². The minimum absolute atomic E-state index is 0.263. The zero-order valence-electron chi connectivity index (χ0n) is 7.28. The monoisotopic (exact) mass is 244 g/mol. The summed E-state index contributed by atoms with van der Waals surface area (Å²) in [6, 6.07) is 0. The molecule has 0 aromatic carbocycles. The van der Waals surface area contributed by atoms with Gasteiger partial charge >= 0.3 is 5.97 Å². The fourth-order valence-corrected chi connectivity index (χ4v) is 1.33. The van der Waals surface area contributed by atoms with Crippen LogP contribution >= 0.6 is 15.9 Å². The summed E-state index contributed by atoms with van der Waals surface area (Å²) in [6.07, 6.45) is 3.29.